The van der Waals surface area contributed by atoms with E-state index in [-0.39, 0.29) is 35.7 Å². The van der Waals surface area contributed by atoms with Gasteiger partial charge in [-0.2, -0.15) is 22.3 Å². The van der Waals surface area contributed by atoms with Gasteiger partial charge in [0.15, 0.2) is 0 Å². The van der Waals surface area contributed by atoms with Crippen LogP contribution in [0, 0.1) is 83.1 Å². The van der Waals surface area contributed by atoms with Gasteiger partial charge in [0.2, 0.25) is 0 Å². The Morgan fingerprint density at radius 1 is 0.289 bits per heavy atom. The average molecular weight is 1440 g/mol. The third-order valence-electron chi connectivity index (χ3n) is 22.0. The van der Waals surface area contributed by atoms with Crippen LogP contribution in [0.3, 0.4) is 0 Å². The molecule has 12 rings (SSSR count). The van der Waals surface area contributed by atoms with E-state index in [2.05, 4.69) is 211 Å². The van der Waals surface area contributed by atoms with Crippen LogP contribution in [0.15, 0.2) is 72.8 Å². The molecule has 8 aromatic rings. The zero-order valence-electron chi connectivity index (χ0n) is 60.4. The monoisotopic (exact) mass is 1430 g/mol. The molecule has 0 heterocycles. The first-order valence-electron chi connectivity index (χ1n) is 35.6. The number of aryl methyl sites for hydroxylation is 12. The van der Waals surface area contributed by atoms with Gasteiger partial charge >= 0.3 is 208 Å². The first kappa shape index (κ1) is 78.8. The van der Waals surface area contributed by atoms with Crippen molar-refractivity contribution in [3.05, 3.63) is 162 Å². The molecule has 0 spiro atoms. The molecule has 0 N–H and O–H groups in total. The normalized spacial score (nSPS) is 16.0. The van der Waals surface area contributed by atoms with E-state index in [4.69, 9.17) is 0 Å². The van der Waals surface area contributed by atoms with Gasteiger partial charge in [-0.25, -0.2) is 0 Å². The first-order chi connectivity index (χ1) is 41.8. The summed E-state index contributed by atoms with van der Waals surface area (Å²) in [5.74, 6) is 2.42. The van der Waals surface area contributed by atoms with E-state index in [0.717, 1.165) is 0 Å². The zero-order valence-corrected chi connectivity index (χ0v) is 68.9. The van der Waals surface area contributed by atoms with Crippen LogP contribution in [0.25, 0.3) is 43.1 Å². The van der Waals surface area contributed by atoms with Gasteiger partial charge in [-0.15, -0.1) is 136 Å². The molecule has 0 nitrogen and oxygen atoms in total. The summed E-state index contributed by atoms with van der Waals surface area (Å²) in [5.41, 5.74) is 28.1. The van der Waals surface area contributed by atoms with Crippen molar-refractivity contribution in [2.75, 3.05) is 0 Å². The van der Waals surface area contributed by atoms with E-state index < -0.39 is 0 Å². The molecular weight excluding hydrogens is 1320 g/mol. The Hall–Kier alpha value is -1.90. The molecule has 4 aliphatic rings. The quantitative estimate of drug-likeness (QED) is 0.105. The summed E-state index contributed by atoms with van der Waals surface area (Å²) in [6.45, 7) is 44.7. The van der Waals surface area contributed by atoms with Crippen molar-refractivity contribution in [1.29, 1.82) is 0 Å². The number of hydrogen-bond acceptors (Lipinski definition) is 0. The molecule has 0 radical (unpaired) electrons. The molecule has 4 saturated carbocycles. The zero-order chi connectivity index (χ0) is 64.3. The number of rotatable bonds is 8. The van der Waals surface area contributed by atoms with E-state index in [1.165, 1.54) is 180 Å². The topological polar surface area (TPSA) is 0 Å². The van der Waals surface area contributed by atoms with Crippen molar-refractivity contribution in [2.45, 2.75) is 313 Å². The molecule has 488 valence electrons. The fraction of sp³-hybridized carbons (Fsp3) is 0.571. The molecule has 4 fully saturated rings. The molecule has 0 aromatic heterocycles. The molecule has 0 bridgehead atoms. The Labute approximate surface area is 594 Å². The molecule has 0 atom stereocenters. The van der Waals surface area contributed by atoms with E-state index in [1.54, 1.807) is 103 Å². The number of fused-ring (bicyclic) bond motifs is 4. The summed E-state index contributed by atoms with van der Waals surface area (Å²) in [7, 11) is 0. The third-order valence-corrected chi connectivity index (χ3v) is 39.8. The Morgan fingerprint density at radius 2 is 0.456 bits per heavy atom. The van der Waals surface area contributed by atoms with E-state index in [0.29, 0.717) is 23.7 Å². The Bertz CT molecular complexity index is 3110. The van der Waals surface area contributed by atoms with Crippen LogP contribution < -0.4 is 24.8 Å². The summed E-state index contributed by atoms with van der Waals surface area (Å²) in [5, 5.41) is 11.7. The van der Waals surface area contributed by atoms with Crippen molar-refractivity contribution in [1.82, 2.24) is 0 Å². The fourth-order valence-corrected chi connectivity index (χ4v) is 29.7. The van der Waals surface area contributed by atoms with Crippen LogP contribution in [0.1, 0.15) is 296 Å². The number of benzene rings is 4. The molecule has 0 aliphatic heterocycles. The van der Waals surface area contributed by atoms with Gasteiger partial charge in [0, 0.05) is 0 Å². The molecule has 0 amide bonds. The molecule has 4 aliphatic carbocycles. The SMILES string of the molecule is Cc1[cH-]c2c(C)ccc(C(C)C)c2c1C.Cc1[cH-]c2c(C)ccc(C(C)C)c2c1C.Cc1[cH-]c2c(C)ccc(C(C)C)c2c1C.Cc1[cH-]c2c(C)ccc(C(C)C)c2c1C.[Cl-].[Cl-].[Zr+2]=[Si](C1CCCCC1)C1CCCCC1.[Zr+2]=[Si](C1CCCCC1)C1CCCCC1. The van der Waals surface area contributed by atoms with E-state index >= 15 is 0 Å². The van der Waals surface area contributed by atoms with E-state index in [9.17, 15) is 0 Å². The van der Waals surface area contributed by atoms with Gasteiger partial charge in [-0.1, -0.05) is 185 Å². The van der Waals surface area contributed by atoms with Crippen LogP contribution >= 0.6 is 0 Å². The van der Waals surface area contributed by atoms with Gasteiger partial charge in [-0.05, 0) is 23.7 Å². The molecule has 0 saturated heterocycles. The standard InChI is InChI=1S/4C15H19.2C12H22Si.2ClH.2Zr/c4*1-9(2)13-7-6-10(3)14-8-11(4)12(5)15(13)14;2*1-3-7-11(8-4-1)13-12-9-5-2-6-10-12;;;;/h4*6-9H,1-5H3;2*11-12H,1-10H2;2*1H;;/q4*-1;;;;;2*+2/p-2. The van der Waals surface area contributed by atoms with Gasteiger partial charge in [0.25, 0.3) is 0 Å². The second kappa shape index (κ2) is 37.0. The Balaban J connectivity index is 0.000000196. The second-order valence-corrected chi connectivity index (χ2v) is 43.3. The van der Waals surface area contributed by atoms with Crippen LogP contribution in [0.2, 0.25) is 22.2 Å². The molecular formula is C84H120Cl2Si2Zr2-2. The minimum absolute atomic E-state index is 0. The van der Waals surface area contributed by atoms with Crippen LogP contribution in [0.4, 0.5) is 0 Å². The Morgan fingerprint density at radius 3 is 0.611 bits per heavy atom. The van der Waals surface area contributed by atoms with Crippen molar-refractivity contribution in [3.8, 4) is 0 Å². The second-order valence-electron chi connectivity index (χ2n) is 29.7. The third kappa shape index (κ3) is 19.7. The predicted octanol–water partition coefficient (Wildman–Crippen LogP) is 20.8. The number of hydrogen-bond donors (Lipinski definition) is 0. The maximum atomic E-state index is 2.33. The predicted molar refractivity (Wildman–Crippen MR) is 390 cm³/mol. The fourth-order valence-electron chi connectivity index (χ4n) is 15.7. The summed E-state index contributed by atoms with van der Waals surface area (Å²) >= 11 is 3.90. The number of halogens is 2. The molecule has 6 heteroatoms. The molecule has 8 aromatic carbocycles. The Kier molecular flexibility index (Phi) is 32.4. The van der Waals surface area contributed by atoms with Crippen molar-refractivity contribution >= 4 is 54.0 Å². The van der Waals surface area contributed by atoms with Gasteiger partial charge in [-0.3, -0.25) is 0 Å². The van der Waals surface area contributed by atoms with Crippen molar-refractivity contribution < 1.29 is 71.5 Å². The van der Waals surface area contributed by atoms with E-state index in [1.807, 2.05) is 46.7 Å². The summed E-state index contributed by atoms with van der Waals surface area (Å²) in [6.07, 6.45) is 31.4. The van der Waals surface area contributed by atoms with Crippen LogP contribution in [-0.4, -0.2) is 10.9 Å². The van der Waals surface area contributed by atoms with Crippen molar-refractivity contribution in [2.24, 2.45) is 0 Å². The van der Waals surface area contributed by atoms with Crippen molar-refractivity contribution in [3.63, 3.8) is 0 Å². The summed E-state index contributed by atoms with van der Waals surface area (Å²) < 4.78 is 0. The average Bonchev–Trinajstić information content (AvgIpc) is 1.71. The maximum absolute atomic E-state index is 2.33. The van der Waals surface area contributed by atoms with Gasteiger partial charge < -0.3 is 24.8 Å². The van der Waals surface area contributed by atoms with Crippen LogP contribution in [-0.2, 0) is 46.7 Å². The molecule has 0 unspecified atom stereocenters. The molecule has 90 heavy (non-hydrogen) atoms. The minimum atomic E-state index is 0. The van der Waals surface area contributed by atoms with Gasteiger partial charge in [0.05, 0.1) is 0 Å². The summed E-state index contributed by atoms with van der Waals surface area (Å²) in [6, 6.07) is 27.4. The summed E-state index contributed by atoms with van der Waals surface area (Å²) in [4.78, 5) is 0. The first-order valence-corrected chi connectivity index (χ1v) is 46.3. The van der Waals surface area contributed by atoms with Crippen LogP contribution in [0.5, 0.6) is 0 Å². The van der Waals surface area contributed by atoms with Gasteiger partial charge in [0.1, 0.15) is 0 Å².